The van der Waals surface area contributed by atoms with Gasteiger partial charge < -0.3 is 15.1 Å². The van der Waals surface area contributed by atoms with Crippen LogP contribution in [0.15, 0.2) is 23.0 Å². The van der Waals surface area contributed by atoms with Crippen LogP contribution < -0.4 is 0 Å². The molecule has 3 aliphatic rings. The van der Waals surface area contributed by atoms with Crippen LogP contribution in [0, 0.1) is 29.1 Å². The monoisotopic (exact) mass is 417 g/mol. The Morgan fingerprint density at radius 2 is 1.97 bits per heavy atom. The highest BCUT2D eigenvalue weighted by molar-refractivity contribution is 6.26. The zero-order chi connectivity index (χ0) is 22.2. The Bertz CT molecular complexity index is 754. The quantitative estimate of drug-likeness (QED) is 0.221. The second-order valence-corrected chi connectivity index (χ2v) is 10.1. The number of hydrogen-bond donors (Lipinski definition) is 2. The predicted molar refractivity (Wildman–Crippen MR) is 118 cm³/mol. The van der Waals surface area contributed by atoms with Crippen LogP contribution in [0.4, 0.5) is 0 Å². The third-order valence-electron chi connectivity index (χ3n) is 8.25. The second-order valence-electron chi connectivity index (χ2n) is 10.1. The summed E-state index contributed by atoms with van der Waals surface area (Å²) in [4.78, 5) is 27.2. The maximum absolute atomic E-state index is 13.0. The molecule has 1 amide bonds. The van der Waals surface area contributed by atoms with E-state index in [1.165, 1.54) is 17.5 Å². The third-order valence-corrected chi connectivity index (χ3v) is 8.25. The molecule has 2 aliphatic carbocycles. The Balaban J connectivity index is 2.11. The van der Waals surface area contributed by atoms with Gasteiger partial charge >= 0.3 is 0 Å². The van der Waals surface area contributed by atoms with E-state index in [0.29, 0.717) is 11.8 Å². The minimum absolute atomic E-state index is 0.0289. The fourth-order valence-electron chi connectivity index (χ4n) is 6.46. The molecule has 168 valence electrons. The minimum Gasteiger partial charge on any atom is -0.511 e. The van der Waals surface area contributed by atoms with Crippen molar-refractivity contribution in [3.05, 3.63) is 23.0 Å². The summed E-state index contributed by atoms with van der Waals surface area (Å²) < 4.78 is 0. The lowest BCUT2D eigenvalue weighted by molar-refractivity contribution is -0.126. The number of likely N-dealkylation sites (tertiary alicyclic amines) is 1. The molecule has 5 heteroatoms. The number of Topliss-reactive ketones (excluding diaryl/α,β-unsaturated/α-hetero) is 1. The van der Waals surface area contributed by atoms with Crippen LogP contribution in [0.25, 0.3) is 0 Å². The summed E-state index contributed by atoms with van der Waals surface area (Å²) in [5.74, 6) is 0.411. The Morgan fingerprint density at radius 3 is 2.57 bits per heavy atom. The van der Waals surface area contributed by atoms with Crippen LogP contribution in [0.2, 0.25) is 0 Å². The highest BCUT2D eigenvalue weighted by atomic mass is 16.3. The van der Waals surface area contributed by atoms with E-state index >= 15 is 0 Å². The van der Waals surface area contributed by atoms with Gasteiger partial charge in [-0.3, -0.25) is 9.59 Å². The van der Waals surface area contributed by atoms with E-state index in [1.807, 2.05) is 0 Å². The number of amides is 1. The molecule has 0 unspecified atom stereocenters. The molecule has 1 saturated carbocycles. The van der Waals surface area contributed by atoms with Crippen molar-refractivity contribution in [3.8, 4) is 0 Å². The largest absolute Gasteiger partial charge is 0.511 e. The lowest BCUT2D eigenvalue weighted by Crippen LogP contribution is -2.47. The lowest BCUT2D eigenvalue weighted by Gasteiger charge is -2.53. The number of fused-ring (bicyclic) bond motifs is 1. The number of ketones is 1. The average Bonchev–Trinajstić information content (AvgIpc) is 2.91. The summed E-state index contributed by atoms with van der Waals surface area (Å²) in [5, 5.41) is 21.3. The molecule has 1 aliphatic heterocycles. The molecule has 0 radical (unpaired) electrons. The molecule has 3 rings (SSSR count). The summed E-state index contributed by atoms with van der Waals surface area (Å²) in [6, 6.07) is -0.890. The van der Waals surface area contributed by atoms with Gasteiger partial charge in [0.05, 0.1) is 6.61 Å². The average molecular weight is 418 g/mol. The first-order valence-electron chi connectivity index (χ1n) is 11.7. The van der Waals surface area contributed by atoms with Crippen molar-refractivity contribution >= 4 is 11.7 Å². The van der Waals surface area contributed by atoms with E-state index in [2.05, 4.69) is 33.8 Å². The molecule has 5 nitrogen and oxygen atoms in total. The maximum Gasteiger partial charge on any atom is 0.261 e. The van der Waals surface area contributed by atoms with Crippen LogP contribution in [0.3, 0.4) is 0 Å². The van der Waals surface area contributed by atoms with Crippen molar-refractivity contribution < 1.29 is 19.8 Å². The lowest BCUT2D eigenvalue weighted by atomic mass is 9.51. The van der Waals surface area contributed by atoms with Crippen LogP contribution in [-0.2, 0) is 9.59 Å². The zero-order valence-electron chi connectivity index (χ0n) is 19.3. The van der Waals surface area contributed by atoms with E-state index in [-0.39, 0.29) is 23.2 Å². The highest BCUT2D eigenvalue weighted by Crippen LogP contribution is 2.58. The van der Waals surface area contributed by atoms with Gasteiger partial charge in [0.1, 0.15) is 17.4 Å². The summed E-state index contributed by atoms with van der Waals surface area (Å²) in [5.41, 5.74) is 0.552. The smallest absolute Gasteiger partial charge is 0.261 e. The number of carbonyl (C=O) groups excluding carboxylic acids is 2. The van der Waals surface area contributed by atoms with Gasteiger partial charge in [-0.15, -0.1) is 0 Å². The molecular formula is C25H39NO4. The molecule has 2 fully saturated rings. The van der Waals surface area contributed by atoms with E-state index in [9.17, 15) is 19.8 Å². The number of aliphatic hydroxyl groups excluding tert-OH is 2. The first kappa shape index (κ1) is 23.1. The first-order chi connectivity index (χ1) is 14.2. The molecule has 0 aromatic carbocycles. The molecule has 1 heterocycles. The number of rotatable bonds is 6. The van der Waals surface area contributed by atoms with Crippen LogP contribution in [-0.4, -0.2) is 46.5 Å². The molecule has 1 saturated heterocycles. The fraction of sp³-hybridized carbons (Fsp3) is 0.760. The first-order valence-corrected chi connectivity index (χ1v) is 11.7. The molecule has 2 N–H and O–H groups in total. The highest BCUT2D eigenvalue weighted by Gasteiger charge is 2.55. The zero-order valence-corrected chi connectivity index (χ0v) is 19.3. The normalized spacial score (nSPS) is 38.5. The van der Waals surface area contributed by atoms with Crippen molar-refractivity contribution in [1.29, 1.82) is 0 Å². The Labute approximate surface area is 181 Å². The van der Waals surface area contributed by atoms with Crippen molar-refractivity contribution in [3.63, 3.8) is 0 Å². The Kier molecular flexibility index (Phi) is 6.81. The van der Waals surface area contributed by atoms with Gasteiger partial charge in [0.15, 0.2) is 5.78 Å². The number of likely N-dealkylation sites (N-methyl/N-ethyl adjacent to an activating group) is 1. The fourth-order valence-corrected chi connectivity index (χ4v) is 6.46. The van der Waals surface area contributed by atoms with Crippen LogP contribution in [0.5, 0.6) is 0 Å². The molecule has 0 spiro atoms. The number of hydrogen-bond acceptors (Lipinski definition) is 4. The van der Waals surface area contributed by atoms with Gasteiger partial charge in [0.25, 0.3) is 5.91 Å². The second kappa shape index (κ2) is 8.86. The molecule has 0 bridgehead atoms. The summed E-state index contributed by atoms with van der Waals surface area (Å²) in [7, 11) is 1.53. The van der Waals surface area contributed by atoms with E-state index in [4.69, 9.17) is 0 Å². The minimum atomic E-state index is -0.890. The van der Waals surface area contributed by atoms with Gasteiger partial charge in [-0.05, 0) is 49.9 Å². The number of unbranched alkanes of at least 4 members (excludes halogenated alkanes) is 2. The summed E-state index contributed by atoms with van der Waals surface area (Å²) in [6.07, 6.45) is 9.88. The standard InChI is InChI=1S/C25H39NO4/c1-6-7-8-9-18-16(3)13-17-12-15(2)10-11-19(17)25(18,4)23(29)21-22(28)20(14-27)26(5)24(21)30/h13,15,17-20,27,29H,6-12,14H2,1-5H3/t15-,17+,18-,19-,20+,25-/m0/s1. The van der Waals surface area contributed by atoms with Gasteiger partial charge in [-0.1, -0.05) is 58.1 Å². The molecule has 0 aromatic rings. The van der Waals surface area contributed by atoms with Crippen molar-refractivity contribution in [2.45, 2.75) is 78.7 Å². The van der Waals surface area contributed by atoms with Gasteiger partial charge in [0, 0.05) is 12.5 Å². The van der Waals surface area contributed by atoms with Crippen molar-refractivity contribution in [2.75, 3.05) is 13.7 Å². The Morgan fingerprint density at radius 1 is 1.27 bits per heavy atom. The Hall–Kier alpha value is -1.62. The molecule has 0 aromatic heterocycles. The summed E-state index contributed by atoms with van der Waals surface area (Å²) in [6.45, 7) is 8.29. The van der Waals surface area contributed by atoms with Crippen molar-refractivity contribution in [2.24, 2.45) is 29.1 Å². The number of allylic oxidation sites excluding steroid dienone is 3. The van der Waals surface area contributed by atoms with Crippen LogP contribution >= 0.6 is 0 Å². The van der Waals surface area contributed by atoms with Crippen LogP contribution in [0.1, 0.15) is 72.6 Å². The molecule has 6 atom stereocenters. The molecule has 30 heavy (non-hydrogen) atoms. The van der Waals surface area contributed by atoms with Gasteiger partial charge in [0.2, 0.25) is 0 Å². The number of aliphatic hydroxyl groups is 2. The third kappa shape index (κ3) is 3.63. The topological polar surface area (TPSA) is 77.8 Å². The van der Waals surface area contributed by atoms with E-state index in [1.54, 1.807) is 0 Å². The van der Waals surface area contributed by atoms with Crippen molar-refractivity contribution in [1.82, 2.24) is 4.90 Å². The van der Waals surface area contributed by atoms with Gasteiger partial charge in [-0.25, -0.2) is 0 Å². The number of nitrogens with zero attached hydrogens (tertiary/aromatic N) is 1. The predicted octanol–water partition coefficient (Wildman–Crippen LogP) is 4.42. The van der Waals surface area contributed by atoms with E-state index < -0.39 is 29.8 Å². The van der Waals surface area contributed by atoms with E-state index in [0.717, 1.165) is 44.9 Å². The summed E-state index contributed by atoms with van der Waals surface area (Å²) >= 11 is 0. The van der Waals surface area contributed by atoms with Gasteiger partial charge in [-0.2, -0.15) is 0 Å². The SMILES string of the molecule is CCCCC[C@H]1C(C)=C[C@H]2C[C@@H](C)CC[C@@H]2[C@@]1(C)C(O)=C1C(=O)[C@@H](CO)N(C)C1=O. The maximum atomic E-state index is 13.0. The molecular weight excluding hydrogens is 378 g/mol. The number of carbonyl (C=O) groups is 2.